The number of ether oxygens (including phenoxy) is 2. The molecule has 0 aromatic heterocycles. The second kappa shape index (κ2) is 4.61. The zero-order chi connectivity index (χ0) is 13.2. The van der Waals surface area contributed by atoms with Crippen molar-refractivity contribution in [3.05, 3.63) is 27.8 Å². The zero-order valence-electron chi connectivity index (χ0n) is 10.2. The quantitative estimate of drug-likeness (QED) is 0.600. The molecule has 0 bridgehead atoms. The SMILES string of the molecule is [2H]C([2H])(O)c1cc(OC)c(OC)cc1[N+](=O)[O-]. The molecule has 0 heterocycles. The van der Waals surface area contributed by atoms with E-state index in [1.807, 2.05) is 0 Å². The predicted molar refractivity (Wildman–Crippen MR) is 52.1 cm³/mol. The van der Waals surface area contributed by atoms with Crippen LogP contribution < -0.4 is 9.47 Å². The van der Waals surface area contributed by atoms with Gasteiger partial charge in [-0.15, -0.1) is 0 Å². The Bertz CT molecular complexity index is 444. The van der Waals surface area contributed by atoms with Crippen molar-refractivity contribution in [3.63, 3.8) is 0 Å². The maximum Gasteiger partial charge on any atom is 0.278 e. The van der Waals surface area contributed by atoms with E-state index in [1.54, 1.807) is 0 Å². The fraction of sp³-hybridized carbons (Fsp3) is 0.333. The molecule has 0 aliphatic rings. The van der Waals surface area contributed by atoms with Gasteiger partial charge in [-0.05, 0) is 6.07 Å². The second-order valence-electron chi connectivity index (χ2n) is 2.59. The monoisotopic (exact) mass is 215 g/mol. The van der Waals surface area contributed by atoms with Crippen LogP contribution in [-0.4, -0.2) is 24.2 Å². The molecule has 15 heavy (non-hydrogen) atoms. The van der Waals surface area contributed by atoms with Crippen LogP contribution in [0.15, 0.2) is 12.1 Å². The molecule has 0 amide bonds. The molecular formula is C9H11NO5. The summed E-state index contributed by atoms with van der Waals surface area (Å²) in [4.78, 5) is 9.97. The van der Waals surface area contributed by atoms with Crippen LogP contribution in [0.1, 0.15) is 8.30 Å². The highest BCUT2D eigenvalue weighted by Gasteiger charge is 2.18. The van der Waals surface area contributed by atoms with E-state index in [4.69, 9.17) is 12.2 Å². The summed E-state index contributed by atoms with van der Waals surface area (Å²) in [5, 5.41) is 20.0. The lowest BCUT2D eigenvalue weighted by Gasteiger charge is -2.08. The van der Waals surface area contributed by atoms with E-state index in [2.05, 4.69) is 0 Å². The van der Waals surface area contributed by atoms with E-state index in [-0.39, 0.29) is 11.5 Å². The highest BCUT2D eigenvalue weighted by molar-refractivity contribution is 5.53. The zero-order valence-corrected chi connectivity index (χ0v) is 8.18. The standard InChI is InChI=1S/C9H11NO5/c1-14-8-3-6(5-11)7(10(12)13)4-9(8)15-2/h3-4,11H,5H2,1-2H3/i5D2. The van der Waals surface area contributed by atoms with Crippen molar-refractivity contribution < 1.29 is 22.2 Å². The molecule has 82 valence electrons. The average molecular weight is 215 g/mol. The van der Waals surface area contributed by atoms with E-state index in [0.29, 0.717) is 0 Å². The number of nitro groups is 1. The van der Waals surface area contributed by atoms with Gasteiger partial charge in [-0.1, -0.05) is 0 Å². The summed E-state index contributed by atoms with van der Waals surface area (Å²) in [6.45, 7) is -2.83. The van der Waals surface area contributed by atoms with Gasteiger partial charge in [-0.25, -0.2) is 0 Å². The number of nitrogens with zero attached hydrogens (tertiary/aromatic N) is 1. The first-order chi connectivity index (χ1) is 7.81. The van der Waals surface area contributed by atoms with Crippen molar-refractivity contribution in [3.8, 4) is 11.5 Å². The number of hydrogen-bond acceptors (Lipinski definition) is 5. The van der Waals surface area contributed by atoms with Gasteiger partial charge in [-0.2, -0.15) is 0 Å². The highest BCUT2D eigenvalue weighted by Crippen LogP contribution is 2.34. The van der Waals surface area contributed by atoms with Gasteiger partial charge < -0.3 is 14.6 Å². The van der Waals surface area contributed by atoms with E-state index in [1.165, 1.54) is 14.2 Å². The van der Waals surface area contributed by atoms with Crippen molar-refractivity contribution in [2.24, 2.45) is 0 Å². The molecule has 0 fully saturated rings. The molecular weight excluding hydrogens is 202 g/mol. The Labute approximate surface area is 89.0 Å². The minimum atomic E-state index is -2.83. The molecule has 6 nitrogen and oxygen atoms in total. The molecule has 1 rings (SSSR count). The molecule has 0 saturated carbocycles. The third kappa shape index (κ3) is 2.16. The summed E-state index contributed by atoms with van der Waals surface area (Å²) >= 11 is 0. The average Bonchev–Trinajstić information content (AvgIpc) is 2.25. The normalized spacial score (nSPS) is 12.7. The maximum absolute atomic E-state index is 10.8. The molecule has 0 aliphatic carbocycles. The van der Waals surface area contributed by atoms with Crippen molar-refractivity contribution in [1.82, 2.24) is 0 Å². The Balaban J connectivity index is 3.52. The van der Waals surface area contributed by atoms with Crippen molar-refractivity contribution in [1.29, 1.82) is 0 Å². The first-order valence-corrected chi connectivity index (χ1v) is 3.94. The Kier molecular flexibility index (Phi) is 2.61. The molecule has 1 N–H and O–H groups in total. The van der Waals surface area contributed by atoms with Crippen molar-refractivity contribution in [2.75, 3.05) is 14.2 Å². The summed E-state index contributed by atoms with van der Waals surface area (Å²) in [6, 6.07) is 2.04. The molecule has 0 saturated heterocycles. The van der Waals surface area contributed by atoms with Gasteiger partial charge in [0.05, 0.1) is 40.1 Å². The van der Waals surface area contributed by atoms with E-state index < -0.39 is 22.7 Å². The molecule has 6 heteroatoms. The lowest BCUT2D eigenvalue weighted by atomic mass is 10.1. The third-order valence-corrected chi connectivity index (χ3v) is 1.82. The van der Waals surface area contributed by atoms with E-state index >= 15 is 0 Å². The van der Waals surface area contributed by atoms with Crippen molar-refractivity contribution in [2.45, 2.75) is 6.56 Å². The lowest BCUT2D eigenvalue weighted by Crippen LogP contribution is -1.99. The van der Waals surface area contributed by atoms with Gasteiger partial charge in [0, 0.05) is 0 Å². The van der Waals surface area contributed by atoms with Gasteiger partial charge in [-0.3, -0.25) is 10.1 Å². The van der Waals surface area contributed by atoms with Gasteiger partial charge in [0.2, 0.25) is 0 Å². The minimum absolute atomic E-state index is 0.0900. The van der Waals surface area contributed by atoms with Crippen LogP contribution in [0.5, 0.6) is 11.5 Å². The van der Waals surface area contributed by atoms with Crippen LogP contribution in [0.3, 0.4) is 0 Å². The molecule has 0 aliphatic heterocycles. The van der Waals surface area contributed by atoms with Gasteiger partial charge in [0.1, 0.15) is 0 Å². The molecule has 0 unspecified atom stereocenters. The topological polar surface area (TPSA) is 81.8 Å². The largest absolute Gasteiger partial charge is 0.493 e. The molecule has 0 atom stereocenters. The van der Waals surface area contributed by atoms with Crippen LogP contribution in [0, 0.1) is 10.1 Å². The third-order valence-electron chi connectivity index (χ3n) is 1.82. The fourth-order valence-electron chi connectivity index (χ4n) is 1.11. The van der Waals surface area contributed by atoms with Crippen molar-refractivity contribution >= 4 is 5.69 Å². The molecule has 0 radical (unpaired) electrons. The van der Waals surface area contributed by atoms with Crippen LogP contribution >= 0.6 is 0 Å². The molecule has 0 spiro atoms. The summed E-state index contributed by atoms with van der Waals surface area (Å²) in [7, 11) is 2.61. The molecule has 1 aromatic rings. The second-order valence-corrected chi connectivity index (χ2v) is 2.59. The first-order valence-electron chi connectivity index (χ1n) is 4.94. The van der Waals surface area contributed by atoms with Crippen LogP contribution in [0.2, 0.25) is 0 Å². The fourth-order valence-corrected chi connectivity index (χ4v) is 1.11. The summed E-state index contributed by atoms with van der Waals surface area (Å²) in [6.07, 6.45) is 0. The predicted octanol–water partition coefficient (Wildman–Crippen LogP) is 1.10. The summed E-state index contributed by atoms with van der Waals surface area (Å²) < 4.78 is 24.0. The Morgan fingerprint density at radius 1 is 1.47 bits per heavy atom. The molecule has 1 aromatic carbocycles. The van der Waals surface area contributed by atoms with Gasteiger partial charge in [0.25, 0.3) is 5.69 Å². The number of rotatable bonds is 4. The van der Waals surface area contributed by atoms with Crippen LogP contribution in [0.25, 0.3) is 0 Å². The van der Waals surface area contributed by atoms with E-state index in [0.717, 1.165) is 12.1 Å². The van der Waals surface area contributed by atoms with Gasteiger partial charge in [0.15, 0.2) is 11.5 Å². The minimum Gasteiger partial charge on any atom is -0.493 e. The maximum atomic E-state index is 10.8. The highest BCUT2D eigenvalue weighted by atomic mass is 16.6. The summed E-state index contributed by atoms with van der Waals surface area (Å²) in [5.74, 6) is 0.193. The smallest absolute Gasteiger partial charge is 0.278 e. The van der Waals surface area contributed by atoms with Crippen LogP contribution in [0.4, 0.5) is 5.69 Å². The van der Waals surface area contributed by atoms with E-state index in [9.17, 15) is 15.2 Å². The number of benzene rings is 1. The Morgan fingerprint density at radius 3 is 2.40 bits per heavy atom. The van der Waals surface area contributed by atoms with Crippen LogP contribution in [-0.2, 0) is 6.56 Å². The Morgan fingerprint density at radius 2 is 2.00 bits per heavy atom. The number of methoxy groups -OCH3 is 2. The number of aliphatic hydroxyl groups is 1. The Hall–Kier alpha value is -1.82. The lowest BCUT2D eigenvalue weighted by molar-refractivity contribution is -0.385. The van der Waals surface area contributed by atoms with Gasteiger partial charge >= 0.3 is 0 Å². The number of nitro benzene ring substituents is 1. The first kappa shape index (κ1) is 8.49. The number of hydrogen-bond donors (Lipinski definition) is 1. The summed E-state index contributed by atoms with van der Waals surface area (Å²) in [5.41, 5.74) is -1.06.